The molecule has 0 aliphatic carbocycles. The van der Waals surface area contributed by atoms with Crippen molar-refractivity contribution in [2.75, 3.05) is 26.2 Å². The van der Waals surface area contributed by atoms with E-state index >= 15 is 0 Å². The third-order valence-corrected chi connectivity index (χ3v) is 3.12. The highest BCUT2D eigenvalue weighted by Gasteiger charge is 2.23. The summed E-state index contributed by atoms with van der Waals surface area (Å²) < 4.78 is 0. The first-order chi connectivity index (χ1) is 9.11. The zero-order valence-electron chi connectivity index (χ0n) is 10.7. The number of rotatable bonds is 1. The van der Waals surface area contributed by atoms with Crippen LogP contribution in [-0.4, -0.2) is 52.8 Å². The second-order valence-electron chi connectivity index (χ2n) is 4.34. The predicted molar refractivity (Wildman–Crippen MR) is 67.1 cm³/mol. The van der Waals surface area contributed by atoms with Gasteiger partial charge in [0.2, 0.25) is 5.91 Å². The largest absolute Gasteiger partial charge is 0.339 e. The molecule has 0 N–H and O–H groups in total. The van der Waals surface area contributed by atoms with Crippen molar-refractivity contribution in [2.24, 2.45) is 0 Å². The van der Waals surface area contributed by atoms with E-state index in [1.54, 1.807) is 15.9 Å². The fourth-order valence-corrected chi connectivity index (χ4v) is 2.00. The van der Waals surface area contributed by atoms with E-state index in [2.05, 4.69) is 4.98 Å². The van der Waals surface area contributed by atoms with Crippen LogP contribution < -0.4 is 0 Å². The van der Waals surface area contributed by atoms with Crippen LogP contribution in [0, 0.1) is 11.3 Å². The monoisotopic (exact) mass is 258 g/mol. The van der Waals surface area contributed by atoms with Gasteiger partial charge in [-0.05, 0) is 12.1 Å². The summed E-state index contributed by atoms with van der Waals surface area (Å²) in [5.74, 6) is -0.169. The highest BCUT2D eigenvalue weighted by atomic mass is 16.2. The average Bonchev–Trinajstić information content (AvgIpc) is 2.46. The molecule has 1 aliphatic rings. The van der Waals surface area contributed by atoms with Gasteiger partial charge in [-0.1, -0.05) is 0 Å². The summed E-state index contributed by atoms with van der Waals surface area (Å²) in [6, 6.07) is 5.03. The molecule has 0 aromatic carbocycles. The van der Waals surface area contributed by atoms with Gasteiger partial charge in [0.05, 0.1) is 11.6 Å². The minimum absolute atomic E-state index is 0.0247. The van der Waals surface area contributed by atoms with E-state index < -0.39 is 0 Å². The topological polar surface area (TPSA) is 77.3 Å². The van der Waals surface area contributed by atoms with Crippen LogP contribution in [0.2, 0.25) is 0 Å². The molecule has 6 nitrogen and oxygen atoms in total. The Balaban J connectivity index is 2.05. The van der Waals surface area contributed by atoms with Gasteiger partial charge < -0.3 is 9.80 Å². The van der Waals surface area contributed by atoms with Crippen molar-refractivity contribution in [1.82, 2.24) is 14.8 Å². The number of carbonyl (C=O) groups is 2. The zero-order chi connectivity index (χ0) is 13.8. The molecule has 2 rings (SSSR count). The third kappa shape index (κ3) is 2.88. The summed E-state index contributed by atoms with van der Waals surface area (Å²) in [4.78, 5) is 30.8. The molecule has 19 heavy (non-hydrogen) atoms. The van der Waals surface area contributed by atoms with Crippen LogP contribution in [0.25, 0.3) is 0 Å². The molecule has 98 valence electrons. The van der Waals surface area contributed by atoms with Gasteiger partial charge in [-0.2, -0.15) is 5.26 Å². The van der Waals surface area contributed by atoms with Crippen molar-refractivity contribution in [3.8, 4) is 6.07 Å². The molecule has 0 unspecified atom stereocenters. The first kappa shape index (κ1) is 13.0. The van der Waals surface area contributed by atoms with E-state index in [1.165, 1.54) is 19.2 Å². The molecular formula is C13H14N4O2. The molecule has 0 radical (unpaired) electrons. The van der Waals surface area contributed by atoms with Gasteiger partial charge in [0.25, 0.3) is 5.91 Å². The molecule has 2 amide bonds. The lowest BCUT2D eigenvalue weighted by Crippen LogP contribution is -2.50. The molecule has 1 aromatic rings. The lowest BCUT2D eigenvalue weighted by molar-refractivity contribution is -0.130. The van der Waals surface area contributed by atoms with E-state index in [9.17, 15) is 9.59 Å². The number of carbonyl (C=O) groups excluding carboxylic acids is 2. The Hall–Kier alpha value is -2.42. The number of aromatic nitrogens is 1. The molecule has 1 aromatic heterocycles. The molecule has 0 atom stereocenters. The van der Waals surface area contributed by atoms with Crippen molar-refractivity contribution in [2.45, 2.75) is 6.92 Å². The number of nitrogens with zero attached hydrogens (tertiary/aromatic N) is 4. The maximum absolute atomic E-state index is 12.2. The number of amides is 2. The zero-order valence-corrected chi connectivity index (χ0v) is 10.7. The van der Waals surface area contributed by atoms with Crippen LogP contribution in [0.4, 0.5) is 0 Å². The van der Waals surface area contributed by atoms with Crippen molar-refractivity contribution < 1.29 is 9.59 Å². The fourth-order valence-electron chi connectivity index (χ4n) is 2.00. The number of hydrogen-bond acceptors (Lipinski definition) is 4. The lowest BCUT2D eigenvalue weighted by atomic mass is 10.2. The first-order valence-corrected chi connectivity index (χ1v) is 6.03. The summed E-state index contributed by atoms with van der Waals surface area (Å²) in [6.45, 7) is 3.60. The summed E-state index contributed by atoms with van der Waals surface area (Å²) in [6.07, 6.45) is 1.46. The SMILES string of the molecule is CC(=O)N1CCN(C(=O)c2cc(C#N)ccn2)CC1. The highest BCUT2D eigenvalue weighted by Crippen LogP contribution is 2.08. The highest BCUT2D eigenvalue weighted by molar-refractivity contribution is 5.92. The van der Waals surface area contributed by atoms with Crippen LogP contribution in [0.5, 0.6) is 0 Å². The Morgan fingerprint density at radius 1 is 1.26 bits per heavy atom. The number of pyridine rings is 1. The molecular weight excluding hydrogens is 244 g/mol. The van der Waals surface area contributed by atoms with Crippen LogP contribution in [-0.2, 0) is 4.79 Å². The smallest absolute Gasteiger partial charge is 0.272 e. The maximum Gasteiger partial charge on any atom is 0.272 e. The summed E-state index contributed by atoms with van der Waals surface area (Å²) in [5, 5.41) is 8.80. The van der Waals surface area contributed by atoms with Gasteiger partial charge in [0.1, 0.15) is 5.69 Å². The third-order valence-electron chi connectivity index (χ3n) is 3.12. The van der Waals surface area contributed by atoms with Gasteiger partial charge in [-0.25, -0.2) is 0 Å². The van der Waals surface area contributed by atoms with Crippen molar-refractivity contribution in [3.05, 3.63) is 29.6 Å². The summed E-state index contributed by atoms with van der Waals surface area (Å²) in [7, 11) is 0. The Labute approximate surface area is 111 Å². The normalized spacial score (nSPS) is 14.9. The predicted octanol–water partition coefficient (Wildman–Crippen LogP) is 0.258. The number of nitriles is 1. The average molecular weight is 258 g/mol. The lowest BCUT2D eigenvalue weighted by Gasteiger charge is -2.34. The number of piperazine rings is 1. The van der Waals surface area contributed by atoms with E-state index in [0.717, 1.165) is 0 Å². The molecule has 1 aliphatic heterocycles. The van der Waals surface area contributed by atoms with Crippen LogP contribution in [0.15, 0.2) is 18.3 Å². The van der Waals surface area contributed by atoms with Gasteiger partial charge >= 0.3 is 0 Å². The number of hydrogen-bond donors (Lipinski definition) is 0. The Bertz CT molecular complexity index is 542. The second kappa shape index (κ2) is 5.48. The Morgan fingerprint density at radius 2 is 1.89 bits per heavy atom. The maximum atomic E-state index is 12.2. The Morgan fingerprint density at radius 3 is 2.47 bits per heavy atom. The van der Waals surface area contributed by atoms with E-state index in [-0.39, 0.29) is 17.5 Å². The van der Waals surface area contributed by atoms with Gasteiger partial charge in [0, 0.05) is 39.3 Å². The molecule has 1 saturated heterocycles. The quantitative estimate of drug-likeness (QED) is 0.723. The molecule has 6 heteroatoms. The molecule has 0 bridgehead atoms. The van der Waals surface area contributed by atoms with E-state index in [0.29, 0.717) is 31.7 Å². The van der Waals surface area contributed by atoms with Crippen LogP contribution in [0.1, 0.15) is 23.0 Å². The minimum Gasteiger partial charge on any atom is -0.339 e. The molecule has 0 spiro atoms. The van der Waals surface area contributed by atoms with Crippen molar-refractivity contribution in [1.29, 1.82) is 5.26 Å². The second-order valence-corrected chi connectivity index (χ2v) is 4.34. The standard InChI is InChI=1S/C13H14N4O2/c1-10(18)16-4-6-17(7-5-16)13(19)12-8-11(9-14)2-3-15-12/h2-3,8H,4-7H2,1H3. The van der Waals surface area contributed by atoms with Gasteiger partial charge in [-0.15, -0.1) is 0 Å². The summed E-state index contributed by atoms with van der Waals surface area (Å²) in [5.41, 5.74) is 0.691. The van der Waals surface area contributed by atoms with Gasteiger partial charge in [-0.3, -0.25) is 14.6 Å². The Kier molecular flexibility index (Phi) is 3.76. The van der Waals surface area contributed by atoms with Crippen LogP contribution in [0.3, 0.4) is 0 Å². The van der Waals surface area contributed by atoms with E-state index in [4.69, 9.17) is 5.26 Å². The fraction of sp³-hybridized carbons (Fsp3) is 0.385. The van der Waals surface area contributed by atoms with Crippen molar-refractivity contribution in [3.63, 3.8) is 0 Å². The summed E-state index contributed by atoms with van der Waals surface area (Å²) >= 11 is 0. The van der Waals surface area contributed by atoms with Gasteiger partial charge in [0.15, 0.2) is 0 Å². The minimum atomic E-state index is -0.194. The van der Waals surface area contributed by atoms with Crippen molar-refractivity contribution >= 4 is 11.8 Å². The molecule has 1 fully saturated rings. The van der Waals surface area contributed by atoms with Crippen LogP contribution >= 0.6 is 0 Å². The van der Waals surface area contributed by atoms with E-state index in [1.807, 2.05) is 6.07 Å². The molecule has 2 heterocycles. The first-order valence-electron chi connectivity index (χ1n) is 6.03. The molecule has 0 saturated carbocycles.